The number of carbonyl (C=O) groups is 2. The van der Waals surface area contributed by atoms with Gasteiger partial charge in [-0.25, -0.2) is 24.2 Å². The highest BCUT2D eigenvalue weighted by atomic mass is 16.6. The van der Waals surface area contributed by atoms with Crippen molar-refractivity contribution in [3.63, 3.8) is 0 Å². The second kappa shape index (κ2) is 12.2. The number of hydrogen-bond acceptors (Lipinski definition) is 7. The van der Waals surface area contributed by atoms with Gasteiger partial charge in [-0.3, -0.25) is 0 Å². The molecule has 3 aliphatic rings. The standard InChI is InChI=1S/C38H46N6O4/c1-37(2,3)47-35(45)42(31-19-26-9-7-8-10-27(26)20-31)23-24-12-15-30(16-13-24)43(36(46)48-38(4,5)6)34-39-21-29-22-40-44(33(29)41-34)32-18-25-11-14-28(32)17-25/h7-10,12-13,15-16,21-22,25,28,31-32H,11,14,17-20,23H2,1-6H3/t25-,28+,32+/m1/s1. The van der Waals surface area contributed by atoms with Crippen molar-refractivity contribution in [3.8, 4) is 0 Å². The first-order chi connectivity index (χ1) is 22.8. The Morgan fingerprint density at radius 3 is 2.12 bits per heavy atom. The molecule has 48 heavy (non-hydrogen) atoms. The van der Waals surface area contributed by atoms with Gasteiger partial charge in [0.1, 0.15) is 11.2 Å². The minimum Gasteiger partial charge on any atom is -0.444 e. The maximum Gasteiger partial charge on any atom is 0.421 e. The average Bonchev–Trinajstić information content (AvgIpc) is 3.82. The van der Waals surface area contributed by atoms with Crippen molar-refractivity contribution in [2.45, 2.75) is 110 Å². The van der Waals surface area contributed by atoms with E-state index in [1.54, 1.807) is 6.20 Å². The van der Waals surface area contributed by atoms with Gasteiger partial charge in [0.25, 0.3) is 0 Å². The van der Waals surface area contributed by atoms with Crippen LogP contribution in [-0.4, -0.2) is 54.1 Å². The van der Waals surface area contributed by atoms with Crippen LogP contribution in [0.2, 0.25) is 0 Å². The van der Waals surface area contributed by atoms with Crippen LogP contribution in [0, 0.1) is 11.8 Å². The predicted octanol–water partition coefficient (Wildman–Crippen LogP) is 8.17. The Morgan fingerprint density at radius 2 is 1.52 bits per heavy atom. The van der Waals surface area contributed by atoms with E-state index in [1.165, 1.54) is 35.3 Å². The second-order valence-corrected chi connectivity index (χ2v) is 15.7. The molecular formula is C38H46N6O4. The van der Waals surface area contributed by atoms with E-state index >= 15 is 0 Å². The summed E-state index contributed by atoms with van der Waals surface area (Å²) in [6.45, 7) is 11.5. The molecule has 0 radical (unpaired) electrons. The topological polar surface area (TPSA) is 103 Å². The molecule has 3 atom stereocenters. The zero-order chi connectivity index (χ0) is 33.8. The zero-order valence-corrected chi connectivity index (χ0v) is 28.8. The summed E-state index contributed by atoms with van der Waals surface area (Å²) in [6, 6.07) is 16.2. The normalized spacial score (nSPS) is 20.6. The number of fused-ring (bicyclic) bond motifs is 4. The fourth-order valence-corrected chi connectivity index (χ4v) is 7.66. The van der Waals surface area contributed by atoms with Gasteiger partial charge < -0.3 is 14.4 Å². The van der Waals surface area contributed by atoms with E-state index in [-0.39, 0.29) is 18.1 Å². The molecule has 0 spiro atoms. The van der Waals surface area contributed by atoms with Crippen LogP contribution in [0.25, 0.3) is 11.0 Å². The molecule has 2 saturated carbocycles. The van der Waals surface area contributed by atoms with Crippen LogP contribution in [0.3, 0.4) is 0 Å². The summed E-state index contributed by atoms with van der Waals surface area (Å²) in [7, 11) is 0. The fourth-order valence-electron chi connectivity index (χ4n) is 7.66. The molecule has 2 aromatic carbocycles. The molecule has 10 nitrogen and oxygen atoms in total. The molecule has 2 aromatic heterocycles. The Bertz CT molecular complexity index is 1800. The molecule has 4 aromatic rings. The monoisotopic (exact) mass is 650 g/mol. The summed E-state index contributed by atoms with van der Waals surface area (Å²) >= 11 is 0. The molecule has 0 N–H and O–H groups in total. The van der Waals surface area contributed by atoms with Gasteiger partial charge in [0, 0.05) is 18.8 Å². The van der Waals surface area contributed by atoms with Crippen LogP contribution >= 0.6 is 0 Å². The maximum absolute atomic E-state index is 13.8. The van der Waals surface area contributed by atoms with E-state index < -0.39 is 17.3 Å². The van der Waals surface area contributed by atoms with Gasteiger partial charge in [0.2, 0.25) is 5.95 Å². The van der Waals surface area contributed by atoms with Crippen molar-refractivity contribution < 1.29 is 19.1 Å². The third kappa shape index (κ3) is 6.62. The van der Waals surface area contributed by atoms with Crippen molar-refractivity contribution in [3.05, 3.63) is 77.6 Å². The molecule has 252 valence electrons. The lowest BCUT2D eigenvalue weighted by molar-refractivity contribution is 0.0148. The molecule has 0 saturated heterocycles. The molecule has 2 fully saturated rings. The molecule has 0 aliphatic heterocycles. The minimum absolute atomic E-state index is 0.0183. The molecule has 3 aliphatic carbocycles. The summed E-state index contributed by atoms with van der Waals surface area (Å²) in [5, 5.41) is 5.58. The van der Waals surface area contributed by atoms with Crippen LogP contribution in [0.1, 0.15) is 90.0 Å². The van der Waals surface area contributed by atoms with E-state index in [1.807, 2.05) is 93.7 Å². The lowest BCUT2D eigenvalue weighted by Crippen LogP contribution is -2.43. The van der Waals surface area contributed by atoms with Crippen molar-refractivity contribution >= 4 is 34.9 Å². The summed E-state index contributed by atoms with van der Waals surface area (Å²) in [6.07, 6.45) is 9.09. The third-order valence-corrected chi connectivity index (χ3v) is 9.76. The van der Waals surface area contributed by atoms with Crippen molar-refractivity contribution in [2.75, 3.05) is 4.90 Å². The molecule has 2 heterocycles. The van der Waals surface area contributed by atoms with Crippen LogP contribution in [-0.2, 0) is 28.9 Å². The molecule has 2 amide bonds. The van der Waals surface area contributed by atoms with Gasteiger partial charge in [-0.15, -0.1) is 0 Å². The van der Waals surface area contributed by atoms with E-state index in [0.29, 0.717) is 24.2 Å². The SMILES string of the molecule is CC(C)(C)OC(=O)N(c1ccc(CN(C(=O)OC(C)(C)C)C2Cc3ccccc3C2)cc1)c1ncc2cnn([C@H]3C[C@@H]4CC[C@H]3C4)c2n1. The van der Waals surface area contributed by atoms with E-state index in [2.05, 4.69) is 17.1 Å². The summed E-state index contributed by atoms with van der Waals surface area (Å²) in [4.78, 5) is 40.1. The lowest BCUT2D eigenvalue weighted by atomic mass is 9.95. The van der Waals surface area contributed by atoms with Crippen LogP contribution < -0.4 is 4.90 Å². The fraction of sp³-hybridized carbons (Fsp3) is 0.500. The number of benzene rings is 2. The number of amides is 2. The Balaban J connectivity index is 1.18. The summed E-state index contributed by atoms with van der Waals surface area (Å²) in [5.74, 6) is 1.60. The number of aromatic nitrogens is 4. The van der Waals surface area contributed by atoms with Gasteiger partial charge in [-0.05, 0) is 114 Å². The number of carbonyl (C=O) groups excluding carboxylic acids is 2. The van der Waals surface area contributed by atoms with Gasteiger partial charge in [-0.2, -0.15) is 10.1 Å². The number of anilines is 2. The summed E-state index contributed by atoms with van der Waals surface area (Å²) < 4.78 is 13.8. The number of nitrogens with zero attached hydrogens (tertiary/aromatic N) is 6. The van der Waals surface area contributed by atoms with Gasteiger partial charge >= 0.3 is 12.2 Å². The van der Waals surface area contributed by atoms with Crippen molar-refractivity contribution in [1.82, 2.24) is 24.6 Å². The lowest BCUT2D eigenvalue weighted by Gasteiger charge is -2.32. The average molecular weight is 651 g/mol. The minimum atomic E-state index is -0.725. The first-order valence-electron chi connectivity index (χ1n) is 17.2. The van der Waals surface area contributed by atoms with Gasteiger partial charge in [-0.1, -0.05) is 42.8 Å². The Labute approximate surface area is 282 Å². The number of rotatable bonds is 6. The van der Waals surface area contributed by atoms with Crippen molar-refractivity contribution in [2.24, 2.45) is 11.8 Å². The first-order valence-corrected chi connectivity index (χ1v) is 17.2. The molecule has 10 heteroatoms. The first kappa shape index (κ1) is 32.1. The highest BCUT2D eigenvalue weighted by molar-refractivity contribution is 5.95. The van der Waals surface area contributed by atoms with Crippen molar-refractivity contribution in [1.29, 1.82) is 0 Å². The predicted molar refractivity (Wildman–Crippen MR) is 184 cm³/mol. The van der Waals surface area contributed by atoms with E-state index in [4.69, 9.17) is 19.6 Å². The Hall–Kier alpha value is -4.47. The highest BCUT2D eigenvalue weighted by Gasteiger charge is 2.42. The number of ether oxygens (including phenoxy) is 2. The Kier molecular flexibility index (Phi) is 8.16. The van der Waals surface area contributed by atoms with Gasteiger partial charge in [0.15, 0.2) is 5.65 Å². The second-order valence-electron chi connectivity index (χ2n) is 15.7. The van der Waals surface area contributed by atoms with Crippen LogP contribution in [0.4, 0.5) is 21.2 Å². The largest absolute Gasteiger partial charge is 0.444 e. The smallest absolute Gasteiger partial charge is 0.421 e. The molecule has 0 unspecified atom stereocenters. The molecule has 7 rings (SSSR count). The maximum atomic E-state index is 13.8. The number of hydrogen-bond donors (Lipinski definition) is 0. The Morgan fingerprint density at radius 1 is 0.854 bits per heavy atom. The van der Waals surface area contributed by atoms with E-state index in [0.717, 1.165) is 41.8 Å². The summed E-state index contributed by atoms with van der Waals surface area (Å²) in [5.41, 5.74) is 3.39. The quantitative estimate of drug-likeness (QED) is 0.207. The van der Waals surface area contributed by atoms with Gasteiger partial charge in [0.05, 0.1) is 23.3 Å². The third-order valence-electron chi connectivity index (χ3n) is 9.76. The van der Waals surface area contributed by atoms with E-state index in [9.17, 15) is 9.59 Å². The molecule has 2 bridgehead atoms. The van der Waals surface area contributed by atoms with Crippen LogP contribution in [0.15, 0.2) is 60.9 Å². The van der Waals surface area contributed by atoms with Crippen LogP contribution in [0.5, 0.6) is 0 Å². The molecular weight excluding hydrogens is 604 g/mol. The zero-order valence-electron chi connectivity index (χ0n) is 28.8. The highest BCUT2D eigenvalue weighted by Crippen LogP contribution is 2.51.